The molecule has 20 heavy (non-hydrogen) atoms. The van der Waals surface area contributed by atoms with Crippen LogP contribution in [0.5, 0.6) is 0 Å². The Bertz CT molecular complexity index is 549. The van der Waals surface area contributed by atoms with Crippen molar-refractivity contribution in [2.45, 2.75) is 37.9 Å². The number of thiophene rings is 1. The first kappa shape index (κ1) is 12.4. The minimum atomic E-state index is 0.577. The van der Waals surface area contributed by atoms with Crippen LogP contribution in [0, 0.1) is 0 Å². The van der Waals surface area contributed by atoms with Gasteiger partial charge in [-0.15, -0.1) is 11.3 Å². The SMILES string of the molecule is c1csc(CN(CC2Cc3ccccc3N2)C2CC2)c1. The van der Waals surface area contributed by atoms with Crippen molar-refractivity contribution in [3.05, 3.63) is 52.2 Å². The van der Waals surface area contributed by atoms with E-state index >= 15 is 0 Å². The van der Waals surface area contributed by atoms with Gasteiger partial charge in [0.25, 0.3) is 0 Å². The van der Waals surface area contributed by atoms with Gasteiger partial charge in [0.05, 0.1) is 0 Å². The van der Waals surface area contributed by atoms with E-state index in [2.05, 4.69) is 52.0 Å². The zero-order valence-electron chi connectivity index (χ0n) is 11.6. The van der Waals surface area contributed by atoms with E-state index in [1.807, 2.05) is 11.3 Å². The molecule has 2 aromatic rings. The molecule has 1 atom stereocenters. The van der Waals surface area contributed by atoms with E-state index in [0.29, 0.717) is 6.04 Å². The monoisotopic (exact) mass is 284 g/mol. The Kier molecular flexibility index (Phi) is 3.25. The average molecular weight is 284 g/mol. The number of hydrogen-bond donors (Lipinski definition) is 1. The van der Waals surface area contributed by atoms with E-state index in [1.165, 1.54) is 35.4 Å². The predicted molar refractivity (Wildman–Crippen MR) is 85.3 cm³/mol. The van der Waals surface area contributed by atoms with E-state index in [4.69, 9.17) is 0 Å². The molecule has 1 fully saturated rings. The van der Waals surface area contributed by atoms with Crippen molar-refractivity contribution >= 4 is 17.0 Å². The summed E-state index contributed by atoms with van der Waals surface area (Å²) < 4.78 is 0. The molecule has 104 valence electrons. The van der Waals surface area contributed by atoms with Crippen LogP contribution in [-0.2, 0) is 13.0 Å². The zero-order chi connectivity index (χ0) is 13.4. The van der Waals surface area contributed by atoms with Crippen LogP contribution < -0.4 is 5.32 Å². The highest BCUT2D eigenvalue weighted by atomic mass is 32.1. The third kappa shape index (κ3) is 2.60. The van der Waals surface area contributed by atoms with Crippen LogP contribution >= 0.6 is 11.3 Å². The Morgan fingerprint density at radius 1 is 1.15 bits per heavy atom. The lowest BCUT2D eigenvalue weighted by Gasteiger charge is -2.25. The summed E-state index contributed by atoms with van der Waals surface area (Å²) in [4.78, 5) is 4.17. The quantitative estimate of drug-likeness (QED) is 0.899. The van der Waals surface area contributed by atoms with Gasteiger partial charge in [0, 0.05) is 35.7 Å². The number of benzene rings is 1. The molecule has 4 rings (SSSR count). The Balaban J connectivity index is 1.42. The summed E-state index contributed by atoms with van der Waals surface area (Å²) in [6, 6.07) is 14.5. The van der Waals surface area contributed by atoms with Crippen LogP contribution in [-0.4, -0.2) is 23.5 Å². The molecule has 2 heterocycles. The summed E-state index contributed by atoms with van der Waals surface area (Å²) in [5, 5.41) is 5.87. The molecule has 3 heteroatoms. The van der Waals surface area contributed by atoms with Crippen LogP contribution in [0.3, 0.4) is 0 Å². The first-order valence-electron chi connectivity index (χ1n) is 7.49. The van der Waals surface area contributed by atoms with Crippen molar-refractivity contribution < 1.29 is 0 Å². The second-order valence-corrected chi connectivity index (χ2v) is 6.97. The lowest BCUT2D eigenvalue weighted by molar-refractivity contribution is 0.247. The van der Waals surface area contributed by atoms with Gasteiger partial charge in [-0.05, 0) is 42.3 Å². The molecule has 0 spiro atoms. The minimum Gasteiger partial charge on any atom is -0.380 e. The number of rotatable bonds is 5. The van der Waals surface area contributed by atoms with Crippen LogP contribution in [0.1, 0.15) is 23.3 Å². The largest absolute Gasteiger partial charge is 0.380 e. The third-order valence-electron chi connectivity index (χ3n) is 4.30. The fourth-order valence-corrected chi connectivity index (χ4v) is 3.88. The average Bonchev–Trinajstić information content (AvgIpc) is 3.03. The summed E-state index contributed by atoms with van der Waals surface area (Å²) in [7, 11) is 0. The van der Waals surface area contributed by atoms with Gasteiger partial charge in [0.1, 0.15) is 0 Å². The third-order valence-corrected chi connectivity index (χ3v) is 5.16. The lowest BCUT2D eigenvalue weighted by atomic mass is 10.1. The van der Waals surface area contributed by atoms with Crippen LogP contribution in [0.25, 0.3) is 0 Å². The van der Waals surface area contributed by atoms with E-state index < -0.39 is 0 Å². The van der Waals surface area contributed by atoms with Crippen LogP contribution in [0.4, 0.5) is 5.69 Å². The van der Waals surface area contributed by atoms with E-state index in [9.17, 15) is 0 Å². The number of nitrogens with zero attached hydrogens (tertiary/aromatic N) is 1. The smallest absolute Gasteiger partial charge is 0.0429 e. The molecule has 1 aromatic carbocycles. The number of anilines is 1. The Morgan fingerprint density at radius 3 is 2.80 bits per heavy atom. The molecule has 0 bridgehead atoms. The molecule has 1 N–H and O–H groups in total. The van der Waals surface area contributed by atoms with Gasteiger partial charge in [-0.25, -0.2) is 0 Å². The van der Waals surface area contributed by atoms with Gasteiger partial charge in [0.2, 0.25) is 0 Å². The highest BCUT2D eigenvalue weighted by Crippen LogP contribution is 2.32. The highest BCUT2D eigenvalue weighted by Gasteiger charge is 2.32. The van der Waals surface area contributed by atoms with Gasteiger partial charge >= 0.3 is 0 Å². The number of para-hydroxylation sites is 1. The van der Waals surface area contributed by atoms with Gasteiger partial charge in [0.15, 0.2) is 0 Å². The Morgan fingerprint density at radius 2 is 2.05 bits per heavy atom. The zero-order valence-corrected chi connectivity index (χ0v) is 12.4. The standard InChI is InChI=1S/C17H20N2S/c1-2-6-17-13(4-1)10-14(18-17)11-19(15-7-8-15)12-16-5-3-9-20-16/h1-6,9,14-15,18H,7-8,10-12H2. The molecule has 2 nitrogen and oxygen atoms in total. The maximum Gasteiger partial charge on any atom is 0.0429 e. The minimum absolute atomic E-state index is 0.577. The number of nitrogens with one attached hydrogen (secondary N) is 1. The van der Waals surface area contributed by atoms with E-state index in [1.54, 1.807) is 0 Å². The summed E-state index contributed by atoms with van der Waals surface area (Å²) in [5.74, 6) is 0. The summed E-state index contributed by atoms with van der Waals surface area (Å²) >= 11 is 1.88. The molecule has 0 amide bonds. The normalized spacial score (nSPS) is 20.9. The van der Waals surface area contributed by atoms with Gasteiger partial charge in [-0.3, -0.25) is 4.90 Å². The molecule has 1 aromatic heterocycles. The number of hydrogen-bond acceptors (Lipinski definition) is 3. The van der Waals surface area contributed by atoms with Gasteiger partial charge in [-0.2, -0.15) is 0 Å². The Hall–Kier alpha value is -1.32. The van der Waals surface area contributed by atoms with Crippen molar-refractivity contribution in [1.29, 1.82) is 0 Å². The lowest BCUT2D eigenvalue weighted by Crippen LogP contribution is -2.36. The molecule has 1 saturated carbocycles. The molecular weight excluding hydrogens is 264 g/mol. The van der Waals surface area contributed by atoms with Crippen LogP contribution in [0.2, 0.25) is 0 Å². The topological polar surface area (TPSA) is 15.3 Å². The second kappa shape index (κ2) is 5.23. The van der Waals surface area contributed by atoms with Crippen molar-refractivity contribution in [3.8, 4) is 0 Å². The summed E-state index contributed by atoms with van der Waals surface area (Å²) in [6.07, 6.45) is 3.93. The second-order valence-electron chi connectivity index (χ2n) is 5.94. The van der Waals surface area contributed by atoms with Gasteiger partial charge in [-0.1, -0.05) is 24.3 Å². The van der Waals surface area contributed by atoms with Crippen molar-refractivity contribution in [2.75, 3.05) is 11.9 Å². The fraction of sp³-hybridized carbons (Fsp3) is 0.412. The van der Waals surface area contributed by atoms with E-state index in [-0.39, 0.29) is 0 Å². The first-order valence-corrected chi connectivity index (χ1v) is 8.37. The molecule has 1 unspecified atom stereocenters. The molecule has 2 aliphatic rings. The molecule has 0 saturated heterocycles. The molecular formula is C17H20N2S. The Labute approximate surface area is 124 Å². The van der Waals surface area contributed by atoms with Crippen molar-refractivity contribution in [1.82, 2.24) is 4.90 Å². The van der Waals surface area contributed by atoms with E-state index in [0.717, 1.165) is 19.1 Å². The maximum atomic E-state index is 3.69. The predicted octanol–water partition coefficient (Wildman–Crippen LogP) is 3.75. The van der Waals surface area contributed by atoms with Crippen molar-refractivity contribution in [3.63, 3.8) is 0 Å². The summed E-state index contributed by atoms with van der Waals surface area (Å²) in [6.45, 7) is 2.29. The first-order chi connectivity index (χ1) is 9.88. The molecule has 0 radical (unpaired) electrons. The highest BCUT2D eigenvalue weighted by molar-refractivity contribution is 7.09. The van der Waals surface area contributed by atoms with Crippen molar-refractivity contribution in [2.24, 2.45) is 0 Å². The van der Waals surface area contributed by atoms with Crippen LogP contribution in [0.15, 0.2) is 41.8 Å². The fourth-order valence-electron chi connectivity index (χ4n) is 3.15. The molecule has 1 aliphatic heterocycles. The number of fused-ring (bicyclic) bond motifs is 1. The maximum absolute atomic E-state index is 3.69. The van der Waals surface area contributed by atoms with Gasteiger partial charge < -0.3 is 5.32 Å². The summed E-state index contributed by atoms with van der Waals surface area (Å²) in [5.41, 5.74) is 2.81. The molecule has 1 aliphatic carbocycles.